The second-order valence-electron chi connectivity index (χ2n) is 7.97. The summed E-state index contributed by atoms with van der Waals surface area (Å²) in [4.78, 5) is 1.66. The molecule has 5 nitrogen and oxygen atoms in total. The number of benzene rings is 4. The lowest BCUT2D eigenvalue weighted by atomic mass is 9.77. The van der Waals surface area contributed by atoms with Crippen LogP contribution >= 0.6 is 0 Å². The van der Waals surface area contributed by atoms with Crippen LogP contribution in [0.15, 0.2) is 115 Å². The van der Waals surface area contributed by atoms with Crippen molar-refractivity contribution in [3.8, 4) is 17.3 Å². The van der Waals surface area contributed by atoms with Crippen LogP contribution in [0, 0.1) is 11.3 Å². The maximum atomic E-state index is 9.98. The van der Waals surface area contributed by atoms with Gasteiger partial charge in [-0.05, 0) is 28.3 Å². The van der Waals surface area contributed by atoms with Crippen molar-refractivity contribution >= 4 is 0 Å². The molecule has 5 rings (SSSR count). The molecule has 164 valence electrons. The maximum absolute atomic E-state index is 9.98. The van der Waals surface area contributed by atoms with Crippen LogP contribution in [0.5, 0.6) is 0 Å². The Morgan fingerprint density at radius 2 is 1.24 bits per heavy atom. The number of rotatable bonds is 6. The molecule has 0 bridgehead atoms. The van der Waals surface area contributed by atoms with E-state index in [0.717, 1.165) is 27.8 Å². The second kappa shape index (κ2) is 9.14. The molecule has 4 aromatic carbocycles. The molecule has 0 aliphatic carbocycles. The fourth-order valence-electron chi connectivity index (χ4n) is 4.43. The number of aromatic nitrogens is 3. The molecule has 0 spiro atoms. The highest BCUT2D eigenvalue weighted by Gasteiger charge is 2.41. The van der Waals surface area contributed by atoms with Crippen LogP contribution < -0.4 is 0 Å². The topological polar surface area (TPSA) is 74.7 Å². The molecule has 1 N–H and O–H groups in total. The van der Waals surface area contributed by atoms with Gasteiger partial charge in [-0.25, -0.2) is 0 Å². The van der Waals surface area contributed by atoms with Gasteiger partial charge in [0.25, 0.3) is 0 Å². The molecule has 0 aliphatic rings. The van der Waals surface area contributed by atoms with E-state index in [0.29, 0.717) is 5.69 Å². The van der Waals surface area contributed by atoms with Crippen molar-refractivity contribution in [1.82, 2.24) is 15.0 Å². The van der Waals surface area contributed by atoms with E-state index in [-0.39, 0.29) is 12.3 Å². The SMILES string of the molecule is N#Cc1nn(C(c2ccccc2)(c2ccccc2)c2ccccc2)nc1-c1cccc(CO)c1. The van der Waals surface area contributed by atoms with Crippen LogP contribution in [0.25, 0.3) is 11.3 Å². The zero-order chi connectivity index (χ0) is 23.4. The molecule has 0 radical (unpaired) electrons. The van der Waals surface area contributed by atoms with E-state index < -0.39 is 5.54 Å². The third-order valence-electron chi connectivity index (χ3n) is 5.98. The Labute approximate surface area is 198 Å². The van der Waals surface area contributed by atoms with Crippen molar-refractivity contribution < 1.29 is 5.11 Å². The van der Waals surface area contributed by atoms with Crippen molar-refractivity contribution in [2.45, 2.75) is 12.1 Å². The summed E-state index contributed by atoms with van der Waals surface area (Å²) < 4.78 is 0. The van der Waals surface area contributed by atoms with Gasteiger partial charge in [-0.1, -0.05) is 109 Å². The summed E-state index contributed by atoms with van der Waals surface area (Å²) in [5.74, 6) is 0. The second-order valence-corrected chi connectivity index (χ2v) is 7.97. The average Bonchev–Trinajstić information content (AvgIpc) is 3.36. The Bertz CT molecular complexity index is 1340. The fraction of sp³-hybridized carbons (Fsp3) is 0.0690. The Morgan fingerprint density at radius 1 is 0.706 bits per heavy atom. The molecule has 0 saturated carbocycles. The predicted octanol–water partition coefficient (Wildman–Crippen LogP) is 5.15. The number of nitriles is 1. The predicted molar refractivity (Wildman–Crippen MR) is 131 cm³/mol. The van der Waals surface area contributed by atoms with Gasteiger partial charge < -0.3 is 5.11 Å². The summed E-state index contributed by atoms with van der Waals surface area (Å²) in [6, 6.07) is 39.9. The van der Waals surface area contributed by atoms with E-state index in [4.69, 9.17) is 10.2 Å². The van der Waals surface area contributed by atoms with Gasteiger partial charge in [-0.2, -0.15) is 15.2 Å². The molecule has 0 amide bonds. The largest absolute Gasteiger partial charge is 0.392 e. The first-order chi connectivity index (χ1) is 16.8. The van der Waals surface area contributed by atoms with E-state index in [1.54, 1.807) is 4.80 Å². The van der Waals surface area contributed by atoms with Crippen molar-refractivity contribution in [2.75, 3.05) is 0 Å². The van der Waals surface area contributed by atoms with Crippen LogP contribution in [0.2, 0.25) is 0 Å². The Hall–Kier alpha value is -4.53. The smallest absolute Gasteiger partial charge is 0.190 e. The van der Waals surface area contributed by atoms with Gasteiger partial charge in [0.15, 0.2) is 11.2 Å². The molecule has 34 heavy (non-hydrogen) atoms. The molecule has 1 aromatic heterocycles. The summed E-state index contributed by atoms with van der Waals surface area (Å²) in [5.41, 5.74) is 4.20. The first-order valence-corrected chi connectivity index (χ1v) is 11.0. The van der Waals surface area contributed by atoms with Crippen molar-refractivity contribution in [2.24, 2.45) is 0 Å². The number of nitrogens with zero attached hydrogens (tertiary/aromatic N) is 4. The molecule has 5 aromatic rings. The zero-order valence-corrected chi connectivity index (χ0v) is 18.4. The maximum Gasteiger partial charge on any atom is 0.190 e. The average molecular weight is 443 g/mol. The molecule has 0 fully saturated rings. The third-order valence-corrected chi connectivity index (χ3v) is 5.98. The lowest BCUT2D eigenvalue weighted by Crippen LogP contribution is -2.39. The van der Waals surface area contributed by atoms with Gasteiger partial charge in [0.1, 0.15) is 11.8 Å². The van der Waals surface area contributed by atoms with Crippen LogP contribution in [-0.2, 0) is 12.1 Å². The highest BCUT2D eigenvalue weighted by Crippen LogP contribution is 2.40. The van der Waals surface area contributed by atoms with Crippen molar-refractivity contribution in [1.29, 1.82) is 5.26 Å². The lowest BCUT2D eigenvalue weighted by molar-refractivity contribution is 0.282. The van der Waals surface area contributed by atoms with Crippen LogP contribution in [0.1, 0.15) is 27.9 Å². The zero-order valence-electron chi connectivity index (χ0n) is 18.4. The van der Waals surface area contributed by atoms with E-state index in [9.17, 15) is 10.4 Å². The molecule has 0 aliphatic heterocycles. The minimum Gasteiger partial charge on any atom is -0.392 e. The van der Waals surface area contributed by atoms with Gasteiger partial charge in [-0.3, -0.25) is 0 Å². The first kappa shape index (κ1) is 21.3. The van der Waals surface area contributed by atoms with Gasteiger partial charge >= 0.3 is 0 Å². The van der Waals surface area contributed by atoms with Gasteiger partial charge in [0.2, 0.25) is 0 Å². The third kappa shape index (κ3) is 3.57. The van der Waals surface area contributed by atoms with Crippen LogP contribution in [0.4, 0.5) is 0 Å². The quantitative estimate of drug-likeness (QED) is 0.369. The standard InChI is InChI=1S/C29H22N4O/c30-20-27-28(23-12-10-11-22(19-23)21-34)32-33(31-27)29(24-13-4-1-5-14-24,25-15-6-2-7-16-25)26-17-8-3-9-18-26/h1-19,34H,21H2. The highest BCUT2D eigenvalue weighted by atomic mass is 16.3. The van der Waals surface area contributed by atoms with E-state index >= 15 is 0 Å². The Balaban J connectivity index is 1.86. The number of hydrogen-bond acceptors (Lipinski definition) is 4. The first-order valence-electron chi connectivity index (χ1n) is 11.0. The summed E-state index contributed by atoms with van der Waals surface area (Å²) >= 11 is 0. The highest BCUT2D eigenvalue weighted by molar-refractivity contribution is 5.65. The fourth-order valence-corrected chi connectivity index (χ4v) is 4.43. The number of aliphatic hydroxyl groups is 1. The Morgan fingerprint density at radius 3 is 1.71 bits per heavy atom. The minimum absolute atomic E-state index is 0.0914. The molecule has 0 saturated heterocycles. The van der Waals surface area contributed by atoms with Crippen LogP contribution in [-0.4, -0.2) is 20.1 Å². The normalized spacial score (nSPS) is 11.2. The minimum atomic E-state index is -0.901. The number of aliphatic hydroxyl groups excluding tert-OH is 1. The van der Waals surface area contributed by atoms with Gasteiger partial charge in [-0.15, -0.1) is 5.10 Å². The van der Waals surface area contributed by atoms with E-state index in [1.165, 1.54) is 0 Å². The molecular formula is C29H22N4O. The summed E-state index contributed by atoms with van der Waals surface area (Å²) in [7, 11) is 0. The van der Waals surface area contributed by atoms with E-state index in [2.05, 4.69) is 42.5 Å². The van der Waals surface area contributed by atoms with Crippen molar-refractivity contribution in [3.63, 3.8) is 0 Å². The summed E-state index contributed by atoms with van der Waals surface area (Å²) in [5, 5.41) is 29.3. The molecule has 0 atom stereocenters. The summed E-state index contributed by atoms with van der Waals surface area (Å²) in [6.45, 7) is -0.0914. The molecule has 0 unspecified atom stereocenters. The number of hydrogen-bond donors (Lipinski definition) is 1. The molecular weight excluding hydrogens is 420 g/mol. The van der Waals surface area contributed by atoms with E-state index in [1.807, 2.05) is 78.9 Å². The molecule has 5 heteroatoms. The Kier molecular flexibility index (Phi) is 5.73. The molecule has 1 heterocycles. The van der Waals surface area contributed by atoms with Gasteiger partial charge in [0.05, 0.1) is 6.61 Å². The van der Waals surface area contributed by atoms with Gasteiger partial charge in [0, 0.05) is 5.56 Å². The summed E-state index contributed by atoms with van der Waals surface area (Å²) in [6.07, 6.45) is 0. The monoisotopic (exact) mass is 442 g/mol. The lowest BCUT2D eigenvalue weighted by Gasteiger charge is -2.34. The van der Waals surface area contributed by atoms with Crippen LogP contribution in [0.3, 0.4) is 0 Å². The van der Waals surface area contributed by atoms with Crippen molar-refractivity contribution in [3.05, 3.63) is 143 Å².